The van der Waals surface area contributed by atoms with Crippen LogP contribution in [0.2, 0.25) is 0 Å². The number of hydrogen-bond acceptors (Lipinski definition) is 3. The summed E-state index contributed by atoms with van der Waals surface area (Å²) in [5, 5.41) is 20.7. The summed E-state index contributed by atoms with van der Waals surface area (Å²) in [6.45, 7) is 8.10. The fourth-order valence-corrected chi connectivity index (χ4v) is 7.45. The summed E-state index contributed by atoms with van der Waals surface area (Å²) >= 11 is 0. The van der Waals surface area contributed by atoms with Crippen molar-refractivity contribution in [2.75, 3.05) is 0 Å². The minimum absolute atomic E-state index is 0. The predicted molar refractivity (Wildman–Crippen MR) is 162 cm³/mol. The molecule has 0 heterocycles. The van der Waals surface area contributed by atoms with E-state index in [4.69, 9.17) is 10.5 Å². The summed E-state index contributed by atoms with van der Waals surface area (Å²) < 4.78 is 0. The van der Waals surface area contributed by atoms with Crippen molar-refractivity contribution in [2.45, 2.75) is 26.4 Å². The molecule has 4 aromatic rings. The van der Waals surface area contributed by atoms with Gasteiger partial charge in [0.1, 0.15) is 0 Å². The van der Waals surface area contributed by atoms with Crippen molar-refractivity contribution in [2.24, 2.45) is 0 Å². The van der Waals surface area contributed by atoms with Crippen LogP contribution in [0.15, 0.2) is 133 Å². The normalized spacial score (nSPS) is 10.4. The van der Waals surface area contributed by atoms with E-state index in [1.54, 1.807) is 20.8 Å². The van der Waals surface area contributed by atoms with Gasteiger partial charge in [-0.15, -0.1) is 6.07 Å². The van der Waals surface area contributed by atoms with Crippen LogP contribution in [-0.2, 0) is 26.0 Å². The van der Waals surface area contributed by atoms with Crippen LogP contribution in [0.4, 0.5) is 0 Å². The van der Waals surface area contributed by atoms with Gasteiger partial charge in [-0.05, 0) is 57.8 Å². The second-order valence-electron chi connectivity index (χ2n) is 8.74. The Bertz CT molecular complexity index is 1050. The van der Waals surface area contributed by atoms with Crippen LogP contribution >= 0.6 is 15.8 Å². The van der Waals surface area contributed by atoms with E-state index in [1.165, 1.54) is 27.3 Å². The van der Waals surface area contributed by atoms with Gasteiger partial charge in [0.2, 0.25) is 0 Å². The van der Waals surface area contributed by atoms with Gasteiger partial charge >= 0.3 is 0 Å². The third kappa shape index (κ3) is 12.3. The number of benzene rings is 4. The van der Waals surface area contributed by atoms with Crippen molar-refractivity contribution >= 4 is 37.1 Å². The molecule has 0 aliphatic carbocycles. The van der Waals surface area contributed by atoms with E-state index in [0.29, 0.717) is 0 Å². The zero-order valence-corrected chi connectivity index (χ0v) is 26.0. The van der Waals surface area contributed by atoms with Crippen molar-refractivity contribution in [1.82, 2.24) is 0 Å². The molecule has 38 heavy (non-hydrogen) atoms. The summed E-state index contributed by atoms with van der Waals surface area (Å²) in [5.41, 5.74) is -0.403. The number of hydrogen-bond donors (Lipinski definition) is 1. The molecule has 4 rings (SSSR count). The quantitative estimate of drug-likeness (QED) is 0.0982. The number of nitrogens with zero attached hydrogens (tertiary/aromatic N) is 1. The minimum Gasteiger partial charge on any atom is -0.305 e. The monoisotopic (exact) mass is 721 g/mol. The van der Waals surface area contributed by atoms with Gasteiger partial charge in [0.25, 0.3) is 0 Å². The van der Waals surface area contributed by atoms with Crippen LogP contribution in [0.25, 0.3) is 0 Å². The van der Waals surface area contributed by atoms with Crippen molar-refractivity contribution in [3.63, 3.8) is 0 Å². The Morgan fingerprint density at radius 3 is 0.974 bits per heavy atom. The third-order valence-corrected chi connectivity index (χ3v) is 9.32. The van der Waals surface area contributed by atoms with Crippen molar-refractivity contribution in [1.29, 1.82) is 5.26 Å². The Balaban J connectivity index is 0.000000630. The number of rotatable bonds is 6. The molecule has 0 aromatic heterocycles. The maximum atomic E-state index is 7.90. The minimum atomic E-state index is -0.528. The molecule has 0 atom stereocenters. The molecule has 0 amide bonds. The van der Waals surface area contributed by atoms with Gasteiger partial charge in [0, 0.05) is 21.1 Å². The molecule has 0 saturated carbocycles. The SMILES string of the molecule is C(=C/P(c1ccccc1)c1ccccc1)/P(c1ccccc1)c1ccccc1.CC(C)(C)OO.[CH2-]C#N.[Pt]. The second-order valence-corrected chi connectivity index (χ2v) is 12.9. The van der Waals surface area contributed by atoms with E-state index in [1.807, 2.05) is 0 Å². The molecule has 0 unspecified atom stereocenters. The molecule has 0 bridgehead atoms. The van der Waals surface area contributed by atoms with Crippen LogP contribution in [0.1, 0.15) is 20.8 Å². The van der Waals surface area contributed by atoms with Crippen molar-refractivity contribution in [3.05, 3.63) is 140 Å². The van der Waals surface area contributed by atoms with Gasteiger partial charge in [-0.3, -0.25) is 5.26 Å². The Morgan fingerprint density at radius 2 is 0.816 bits per heavy atom. The Labute approximate surface area is 244 Å². The van der Waals surface area contributed by atoms with E-state index < -0.39 is 21.4 Å². The zero-order valence-electron chi connectivity index (χ0n) is 21.9. The fraction of sp³-hybridized carbons (Fsp3) is 0.125. The van der Waals surface area contributed by atoms with Crippen LogP contribution in [-0.4, -0.2) is 10.9 Å². The fourth-order valence-electron chi connectivity index (χ4n) is 3.13. The van der Waals surface area contributed by atoms with Crippen LogP contribution in [0, 0.1) is 18.3 Å². The summed E-state index contributed by atoms with van der Waals surface area (Å²) in [6, 6.07) is 44.9. The van der Waals surface area contributed by atoms with Crippen molar-refractivity contribution in [3.8, 4) is 6.07 Å². The van der Waals surface area contributed by atoms with Crippen LogP contribution in [0.5, 0.6) is 0 Å². The average Bonchev–Trinajstić information content (AvgIpc) is 2.93. The molecule has 0 spiro atoms. The largest absolute Gasteiger partial charge is 0.305 e. The van der Waals surface area contributed by atoms with Crippen molar-refractivity contribution < 1.29 is 31.2 Å². The summed E-state index contributed by atoms with van der Waals surface area (Å²) in [7, 11) is -1.06. The molecule has 0 aliphatic heterocycles. The summed E-state index contributed by atoms with van der Waals surface area (Å²) in [4.78, 5) is 3.94. The standard InChI is InChI=1S/C26H22P2.C4H10O2.C2H2N.Pt/c1-5-13-23(14-6-1)27(24-15-7-2-8-16-24)21-22-28(25-17-9-3-10-18-25)26-19-11-4-12-20-26;1-4(2,3)6-5;1-2-3;/h1-22H;5H,1-3H3;1H2;/q;;-1;/b22-21-;;;. The molecule has 200 valence electrons. The first-order valence-electron chi connectivity index (χ1n) is 11.9. The molecule has 1 N–H and O–H groups in total. The van der Waals surface area contributed by atoms with E-state index in [2.05, 4.69) is 145 Å². The summed E-state index contributed by atoms with van der Waals surface area (Å²) in [5.74, 6) is 4.90. The van der Waals surface area contributed by atoms with E-state index in [9.17, 15) is 0 Å². The molecule has 0 fully saturated rings. The molecular formula is C32H34NO2P2Pt-. The van der Waals surface area contributed by atoms with Gasteiger partial charge in [-0.25, -0.2) is 10.1 Å². The maximum absolute atomic E-state index is 7.90. The molecule has 3 nitrogen and oxygen atoms in total. The first kappa shape index (κ1) is 33.5. The predicted octanol–water partition coefficient (Wildman–Crippen LogP) is 7.34. The Morgan fingerprint density at radius 1 is 0.632 bits per heavy atom. The molecule has 0 radical (unpaired) electrons. The topological polar surface area (TPSA) is 53.2 Å². The molecule has 0 aliphatic rings. The van der Waals surface area contributed by atoms with E-state index >= 15 is 0 Å². The average molecular weight is 722 g/mol. The molecule has 0 saturated heterocycles. The van der Waals surface area contributed by atoms with E-state index in [0.717, 1.165) is 0 Å². The third-order valence-electron chi connectivity index (χ3n) is 4.78. The van der Waals surface area contributed by atoms with Gasteiger partial charge in [-0.2, -0.15) is 0 Å². The molecule has 6 heteroatoms. The van der Waals surface area contributed by atoms with Gasteiger partial charge in [0.15, 0.2) is 0 Å². The molecular weight excluding hydrogens is 687 g/mol. The summed E-state index contributed by atoms with van der Waals surface area (Å²) in [6.07, 6.45) is 0. The van der Waals surface area contributed by atoms with Gasteiger partial charge < -0.3 is 6.92 Å². The maximum Gasteiger partial charge on any atom is 0.0949 e. The second kappa shape index (κ2) is 18.7. The molecule has 4 aromatic carbocycles. The Hall–Kier alpha value is -2.55. The van der Waals surface area contributed by atoms with E-state index in [-0.39, 0.29) is 21.1 Å². The van der Waals surface area contributed by atoms with Gasteiger partial charge in [-0.1, -0.05) is 133 Å². The Kier molecular flexibility index (Phi) is 16.4. The smallest absolute Gasteiger partial charge is 0.0949 e. The first-order valence-corrected chi connectivity index (χ1v) is 14.7. The van der Waals surface area contributed by atoms with Crippen LogP contribution < -0.4 is 21.2 Å². The first-order chi connectivity index (χ1) is 17.9. The zero-order chi connectivity index (χ0) is 26.9. The number of nitriles is 1. The van der Waals surface area contributed by atoms with Crippen LogP contribution in [0.3, 0.4) is 0 Å². The van der Waals surface area contributed by atoms with Gasteiger partial charge in [0.05, 0.1) is 5.60 Å².